The maximum absolute atomic E-state index is 12.5. The standard InChI is InChI=1S/C72H137NO5/c1-3-5-7-9-11-13-15-17-18-19-20-21-22-23-25-28-31-34-37-41-44-48-52-56-60-64-70(75)69(68-74)73-71(76)65-61-57-53-49-45-42-38-35-32-29-26-24-27-30-33-36-39-43-47-51-55-59-63-67-78-72(77)66-62-58-54-50-46-40-16-14-12-10-8-6-4-2/h24,27,29,32,60,64,69-70,74-75H,3-23,25-26,28,30-31,33-59,61-63,65-68H2,1-2H3,(H,73,76)/b27-24-,32-29-,64-60+. The van der Waals surface area contributed by atoms with Gasteiger partial charge in [0.2, 0.25) is 5.91 Å². The molecule has 0 saturated carbocycles. The average molecular weight is 1100 g/mol. The molecule has 0 fully saturated rings. The highest BCUT2D eigenvalue weighted by atomic mass is 16.5. The molecule has 0 aromatic carbocycles. The lowest BCUT2D eigenvalue weighted by Gasteiger charge is -2.20. The van der Waals surface area contributed by atoms with E-state index in [1.807, 2.05) is 6.08 Å². The lowest BCUT2D eigenvalue weighted by atomic mass is 10.0. The molecular formula is C72H137NO5. The minimum Gasteiger partial charge on any atom is -0.466 e. The van der Waals surface area contributed by atoms with Gasteiger partial charge in [-0.2, -0.15) is 0 Å². The highest BCUT2D eigenvalue weighted by Crippen LogP contribution is 2.18. The summed E-state index contributed by atoms with van der Waals surface area (Å²) in [5, 5.41) is 23.3. The van der Waals surface area contributed by atoms with Crippen LogP contribution in [0, 0.1) is 0 Å². The lowest BCUT2D eigenvalue weighted by molar-refractivity contribution is -0.143. The van der Waals surface area contributed by atoms with Crippen molar-refractivity contribution in [3.63, 3.8) is 0 Å². The zero-order valence-electron chi connectivity index (χ0n) is 52.7. The van der Waals surface area contributed by atoms with Gasteiger partial charge in [-0.15, -0.1) is 0 Å². The summed E-state index contributed by atoms with van der Waals surface area (Å²) in [6.07, 6.45) is 86.5. The van der Waals surface area contributed by atoms with E-state index in [1.54, 1.807) is 6.08 Å². The fraction of sp³-hybridized carbons (Fsp3) is 0.889. The summed E-state index contributed by atoms with van der Waals surface area (Å²) in [6, 6.07) is -0.637. The molecule has 6 heteroatoms. The zero-order valence-corrected chi connectivity index (χ0v) is 52.7. The maximum Gasteiger partial charge on any atom is 0.305 e. The van der Waals surface area contributed by atoms with Gasteiger partial charge in [0.05, 0.1) is 25.4 Å². The van der Waals surface area contributed by atoms with Crippen molar-refractivity contribution < 1.29 is 24.5 Å². The topological polar surface area (TPSA) is 95.9 Å². The molecule has 1 amide bonds. The summed E-state index contributed by atoms with van der Waals surface area (Å²) in [5.41, 5.74) is 0. The minimum absolute atomic E-state index is 0.00859. The molecule has 78 heavy (non-hydrogen) atoms. The van der Waals surface area contributed by atoms with E-state index in [0.29, 0.717) is 19.4 Å². The molecule has 0 aliphatic carbocycles. The second kappa shape index (κ2) is 67.6. The molecule has 0 bridgehead atoms. The van der Waals surface area contributed by atoms with Crippen molar-refractivity contribution in [3.05, 3.63) is 36.5 Å². The zero-order chi connectivity index (χ0) is 56.4. The van der Waals surface area contributed by atoms with Crippen LogP contribution in [-0.2, 0) is 14.3 Å². The summed E-state index contributed by atoms with van der Waals surface area (Å²) in [6.45, 7) is 4.93. The van der Waals surface area contributed by atoms with Crippen LogP contribution in [0.1, 0.15) is 386 Å². The van der Waals surface area contributed by atoms with E-state index in [1.165, 1.54) is 302 Å². The van der Waals surface area contributed by atoms with Crippen molar-refractivity contribution >= 4 is 11.9 Å². The van der Waals surface area contributed by atoms with Crippen molar-refractivity contribution in [1.29, 1.82) is 0 Å². The number of unbranched alkanes of at least 4 members (excludes halogenated alkanes) is 51. The van der Waals surface area contributed by atoms with Crippen LogP contribution in [0.25, 0.3) is 0 Å². The molecule has 0 aliphatic rings. The first-order chi connectivity index (χ1) is 38.5. The van der Waals surface area contributed by atoms with Crippen LogP contribution >= 0.6 is 0 Å². The summed E-state index contributed by atoms with van der Waals surface area (Å²) in [7, 11) is 0. The first-order valence-corrected chi connectivity index (χ1v) is 35.3. The van der Waals surface area contributed by atoms with Gasteiger partial charge in [-0.05, 0) is 64.2 Å². The second-order valence-corrected chi connectivity index (χ2v) is 24.2. The molecular weight excluding hydrogens is 959 g/mol. The van der Waals surface area contributed by atoms with Gasteiger partial charge in [0, 0.05) is 12.8 Å². The van der Waals surface area contributed by atoms with Crippen LogP contribution in [0.3, 0.4) is 0 Å². The lowest BCUT2D eigenvalue weighted by Crippen LogP contribution is -2.45. The number of allylic oxidation sites excluding steroid dienone is 5. The van der Waals surface area contributed by atoms with E-state index in [0.717, 1.165) is 57.8 Å². The maximum atomic E-state index is 12.5. The number of nitrogens with one attached hydrogen (secondary N) is 1. The first-order valence-electron chi connectivity index (χ1n) is 35.3. The minimum atomic E-state index is -0.853. The number of carbonyl (C=O) groups is 2. The Bertz CT molecular complexity index is 1260. The van der Waals surface area contributed by atoms with Crippen molar-refractivity contribution in [2.75, 3.05) is 13.2 Å². The summed E-state index contributed by atoms with van der Waals surface area (Å²) < 4.78 is 5.48. The van der Waals surface area contributed by atoms with Gasteiger partial charge in [0.25, 0.3) is 0 Å². The van der Waals surface area contributed by atoms with Crippen LogP contribution in [0.4, 0.5) is 0 Å². The number of carbonyl (C=O) groups excluding carboxylic acids is 2. The third kappa shape index (κ3) is 63.3. The van der Waals surface area contributed by atoms with Gasteiger partial charge in [-0.1, -0.05) is 346 Å². The number of hydrogen-bond acceptors (Lipinski definition) is 5. The number of aliphatic hydroxyl groups excluding tert-OH is 2. The second-order valence-electron chi connectivity index (χ2n) is 24.2. The first kappa shape index (κ1) is 76.1. The number of rotatable bonds is 66. The number of ether oxygens (including phenoxy) is 1. The Balaban J connectivity index is 3.47. The van der Waals surface area contributed by atoms with Crippen LogP contribution < -0.4 is 5.32 Å². The van der Waals surface area contributed by atoms with E-state index in [4.69, 9.17) is 4.74 Å². The summed E-state index contributed by atoms with van der Waals surface area (Å²) in [4.78, 5) is 24.6. The Labute approximate surface area is 487 Å². The predicted molar refractivity (Wildman–Crippen MR) is 343 cm³/mol. The van der Waals surface area contributed by atoms with E-state index in [2.05, 4.69) is 43.5 Å². The summed E-state index contributed by atoms with van der Waals surface area (Å²) >= 11 is 0. The van der Waals surface area contributed by atoms with E-state index in [9.17, 15) is 19.8 Å². The van der Waals surface area contributed by atoms with Crippen LogP contribution in [-0.4, -0.2) is 47.4 Å². The van der Waals surface area contributed by atoms with Gasteiger partial charge < -0.3 is 20.3 Å². The quantitative estimate of drug-likeness (QED) is 0.0320. The number of aliphatic hydroxyl groups is 2. The van der Waals surface area contributed by atoms with Gasteiger partial charge >= 0.3 is 5.97 Å². The van der Waals surface area contributed by atoms with Gasteiger partial charge in [-0.25, -0.2) is 0 Å². The smallest absolute Gasteiger partial charge is 0.305 e. The number of hydrogen-bond donors (Lipinski definition) is 3. The summed E-state index contributed by atoms with van der Waals surface area (Å²) in [5.74, 6) is -0.0659. The number of esters is 1. The molecule has 0 heterocycles. The van der Waals surface area contributed by atoms with Gasteiger partial charge in [-0.3, -0.25) is 9.59 Å². The molecule has 0 aromatic heterocycles. The molecule has 3 N–H and O–H groups in total. The Morgan fingerprint density at radius 3 is 0.974 bits per heavy atom. The molecule has 2 atom stereocenters. The van der Waals surface area contributed by atoms with E-state index < -0.39 is 12.1 Å². The third-order valence-corrected chi connectivity index (χ3v) is 16.4. The average Bonchev–Trinajstić information content (AvgIpc) is 3.44. The fourth-order valence-electron chi connectivity index (χ4n) is 11.0. The Morgan fingerprint density at radius 2 is 0.641 bits per heavy atom. The predicted octanol–water partition coefficient (Wildman–Crippen LogP) is 22.7. The monoisotopic (exact) mass is 1100 g/mol. The number of amides is 1. The molecule has 0 radical (unpaired) electrons. The van der Waals surface area contributed by atoms with Crippen molar-refractivity contribution in [3.8, 4) is 0 Å². The van der Waals surface area contributed by atoms with Gasteiger partial charge in [0.1, 0.15) is 0 Å². The van der Waals surface area contributed by atoms with Crippen LogP contribution in [0.15, 0.2) is 36.5 Å². The molecule has 6 nitrogen and oxygen atoms in total. The molecule has 0 spiro atoms. The largest absolute Gasteiger partial charge is 0.466 e. The Kier molecular flexibility index (Phi) is 65.9. The van der Waals surface area contributed by atoms with Crippen molar-refractivity contribution in [2.45, 2.75) is 398 Å². The Hall–Kier alpha value is -1.92. The highest BCUT2D eigenvalue weighted by molar-refractivity contribution is 5.76. The van der Waals surface area contributed by atoms with Crippen LogP contribution in [0.5, 0.6) is 0 Å². The fourth-order valence-corrected chi connectivity index (χ4v) is 11.0. The molecule has 0 aliphatic heterocycles. The SMILES string of the molecule is CCCCCCCCCCCCCCCCCCCCCCCCC/C=C/C(O)C(CO)NC(=O)CCCCCCCCC/C=C\C/C=C\CCCCCCCCCCCOC(=O)CCCCCCCCCCCCCCC. The van der Waals surface area contributed by atoms with Crippen molar-refractivity contribution in [2.24, 2.45) is 0 Å². The normalized spacial score (nSPS) is 12.7. The molecule has 2 unspecified atom stereocenters. The molecule has 0 aromatic rings. The van der Waals surface area contributed by atoms with E-state index >= 15 is 0 Å². The molecule has 0 saturated heterocycles. The van der Waals surface area contributed by atoms with Crippen molar-refractivity contribution in [1.82, 2.24) is 5.32 Å². The Morgan fingerprint density at radius 1 is 0.359 bits per heavy atom. The molecule has 0 rings (SSSR count). The van der Waals surface area contributed by atoms with E-state index in [-0.39, 0.29) is 18.5 Å². The van der Waals surface area contributed by atoms with Gasteiger partial charge in [0.15, 0.2) is 0 Å². The highest BCUT2D eigenvalue weighted by Gasteiger charge is 2.18. The van der Waals surface area contributed by atoms with Crippen LogP contribution in [0.2, 0.25) is 0 Å². The third-order valence-electron chi connectivity index (χ3n) is 16.4. The molecule has 460 valence electrons.